The zero-order valence-electron chi connectivity index (χ0n) is 10.3. The van der Waals surface area contributed by atoms with Crippen molar-refractivity contribution in [1.82, 2.24) is 4.98 Å². The minimum Gasteiger partial charge on any atom is -0.397 e. The number of pyridine rings is 1. The van der Waals surface area contributed by atoms with Crippen molar-refractivity contribution < 1.29 is 26.3 Å². The first-order chi connectivity index (χ1) is 9.59. The van der Waals surface area contributed by atoms with Gasteiger partial charge in [-0.2, -0.15) is 26.3 Å². The standard InChI is InChI=1S/C13H8F6N2/c14-12(15,16)8-3-1-7(2-4-8)11-10(20)5-9(6-21-11)13(17,18)19/h1-6H,20H2. The zero-order valence-corrected chi connectivity index (χ0v) is 10.3. The molecule has 0 bridgehead atoms. The van der Waals surface area contributed by atoms with Gasteiger partial charge in [-0.3, -0.25) is 4.98 Å². The van der Waals surface area contributed by atoms with Crippen molar-refractivity contribution in [2.75, 3.05) is 5.73 Å². The van der Waals surface area contributed by atoms with Crippen molar-refractivity contribution in [2.24, 2.45) is 0 Å². The van der Waals surface area contributed by atoms with Gasteiger partial charge in [0.15, 0.2) is 0 Å². The molecular formula is C13H8F6N2. The molecule has 0 aliphatic carbocycles. The van der Waals surface area contributed by atoms with Gasteiger partial charge in [-0.15, -0.1) is 0 Å². The number of hydrogen-bond acceptors (Lipinski definition) is 2. The first-order valence-corrected chi connectivity index (χ1v) is 5.59. The summed E-state index contributed by atoms with van der Waals surface area (Å²) in [6.45, 7) is 0. The largest absolute Gasteiger partial charge is 0.417 e. The highest BCUT2D eigenvalue weighted by atomic mass is 19.4. The second kappa shape index (κ2) is 4.94. The summed E-state index contributed by atoms with van der Waals surface area (Å²) in [7, 11) is 0. The maximum atomic E-state index is 12.5. The third-order valence-corrected chi connectivity index (χ3v) is 2.73. The molecule has 0 unspecified atom stereocenters. The van der Waals surface area contributed by atoms with Gasteiger partial charge in [-0.25, -0.2) is 0 Å². The Morgan fingerprint density at radius 2 is 1.33 bits per heavy atom. The third kappa shape index (κ3) is 3.26. The van der Waals surface area contributed by atoms with Crippen molar-refractivity contribution in [3.8, 4) is 11.3 Å². The summed E-state index contributed by atoms with van der Waals surface area (Å²) in [4.78, 5) is 3.58. The highest BCUT2D eigenvalue weighted by Gasteiger charge is 2.32. The average Bonchev–Trinajstić information content (AvgIpc) is 2.36. The molecule has 2 aromatic rings. The molecule has 0 amide bonds. The van der Waals surface area contributed by atoms with Crippen LogP contribution >= 0.6 is 0 Å². The van der Waals surface area contributed by atoms with Crippen LogP contribution in [0.15, 0.2) is 36.5 Å². The molecule has 2 N–H and O–H groups in total. The van der Waals surface area contributed by atoms with E-state index in [-0.39, 0.29) is 16.9 Å². The van der Waals surface area contributed by atoms with Crippen LogP contribution in [0, 0.1) is 0 Å². The number of nitrogen functional groups attached to an aromatic ring is 1. The Balaban J connectivity index is 2.39. The second-order valence-corrected chi connectivity index (χ2v) is 4.23. The Labute approximate surface area is 115 Å². The normalized spacial score (nSPS) is 12.5. The molecule has 112 valence electrons. The average molecular weight is 306 g/mol. The van der Waals surface area contributed by atoms with Crippen LogP contribution in [0.3, 0.4) is 0 Å². The first kappa shape index (κ1) is 15.1. The summed E-state index contributed by atoms with van der Waals surface area (Å²) in [5.41, 5.74) is 3.55. The minimum atomic E-state index is -4.58. The Hall–Kier alpha value is -2.25. The van der Waals surface area contributed by atoms with Crippen molar-refractivity contribution in [1.29, 1.82) is 0 Å². The molecule has 8 heteroatoms. The van der Waals surface area contributed by atoms with Crippen LogP contribution in [-0.4, -0.2) is 4.98 Å². The number of anilines is 1. The number of aromatic nitrogens is 1. The van der Waals surface area contributed by atoms with E-state index in [1.54, 1.807) is 0 Å². The van der Waals surface area contributed by atoms with E-state index in [1.807, 2.05) is 0 Å². The molecule has 2 rings (SSSR count). The lowest BCUT2D eigenvalue weighted by Gasteiger charge is -2.11. The lowest BCUT2D eigenvalue weighted by molar-refractivity contribution is -0.138. The van der Waals surface area contributed by atoms with Crippen LogP contribution in [0.2, 0.25) is 0 Å². The van der Waals surface area contributed by atoms with Crippen molar-refractivity contribution >= 4 is 5.69 Å². The fourth-order valence-electron chi connectivity index (χ4n) is 1.70. The van der Waals surface area contributed by atoms with Gasteiger partial charge in [0, 0.05) is 11.8 Å². The lowest BCUT2D eigenvalue weighted by atomic mass is 10.1. The van der Waals surface area contributed by atoms with E-state index < -0.39 is 23.5 Å². The van der Waals surface area contributed by atoms with Gasteiger partial charge in [0.2, 0.25) is 0 Å². The maximum Gasteiger partial charge on any atom is 0.417 e. The molecule has 21 heavy (non-hydrogen) atoms. The molecule has 1 heterocycles. The molecule has 1 aromatic carbocycles. The fourth-order valence-corrected chi connectivity index (χ4v) is 1.70. The minimum absolute atomic E-state index is 0.00303. The quantitative estimate of drug-likeness (QED) is 0.795. The Morgan fingerprint density at radius 1 is 0.810 bits per heavy atom. The molecule has 1 aromatic heterocycles. The molecule has 0 saturated heterocycles. The van der Waals surface area contributed by atoms with Gasteiger partial charge in [0.25, 0.3) is 0 Å². The monoisotopic (exact) mass is 306 g/mol. The van der Waals surface area contributed by atoms with Gasteiger partial charge in [-0.1, -0.05) is 12.1 Å². The Kier molecular flexibility index (Phi) is 3.56. The summed E-state index contributed by atoms with van der Waals surface area (Å²) in [6, 6.07) is 4.53. The molecule has 0 aliphatic rings. The molecule has 0 fully saturated rings. The van der Waals surface area contributed by atoms with Crippen molar-refractivity contribution in [3.63, 3.8) is 0 Å². The number of hydrogen-bond donors (Lipinski definition) is 1. The lowest BCUT2D eigenvalue weighted by Crippen LogP contribution is -2.07. The Bertz CT molecular complexity index is 643. The fraction of sp³-hybridized carbons (Fsp3) is 0.154. The second-order valence-electron chi connectivity index (χ2n) is 4.23. The van der Waals surface area contributed by atoms with Gasteiger partial charge in [-0.05, 0) is 18.2 Å². The van der Waals surface area contributed by atoms with E-state index in [0.29, 0.717) is 12.3 Å². The first-order valence-electron chi connectivity index (χ1n) is 5.59. The van der Waals surface area contributed by atoms with Crippen LogP contribution in [0.4, 0.5) is 32.0 Å². The summed E-state index contributed by atoms with van der Waals surface area (Å²) in [5, 5.41) is 0. The van der Waals surface area contributed by atoms with Crippen LogP contribution in [0.1, 0.15) is 11.1 Å². The number of nitrogens with two attached hydrogens (primary N) is 1. The summed E-state index contributed by atoms with van der Waals surface area (Å²) >= 11 is 0. The van der Waals surface area contributed by atoms with Gasteiger partial charge in [0.05, 0.1) is 22.5 Å². The van der Waals surface area contributed by atoms with E-state index >= 15 is 0 Å². The number of alkyl halides is 6. The van der Waals surface area contributed by atoms with E-state index in [0.717, 1.165) is 24.3 Å². The van der Waals surface area contributed by atoms with Crippen LogP contribution in [0.25, 0.3) is 11.3 Å². The highest BCUT2D eigenvalue weighted by Crippen LogP contribution is 2.34. The van der Waals surface area contributed by atoms with Gasteiger partial charge in [0.1, 0.15) is 0 Å². The smallest absolute Gasteiger partial charge is 0.397 e. The number of nitrogens with zero attached hydrogens (tertiary/aromatic N) is 1. The maximum absolute atomic E-state index is 12.5. The summed E-state index contributed by atoms with van der Waals surface area (Å²) in [6.07, 6.45) is -8.49. The molecule has 0 radical (unpaired) electrons. The van der Waals surface area contributed by atoms with Gasteiger partial charge < -0.3 is 5.73 Å². The van der Waals surface area contributed by atoms with Crippen LogP contribution in [-0.2, 0) is 12.4 Å². The van der Waals surface area contributed by atoms with Gasteiger partial charge >= 0.3 is 12.4 Å². The van der Waals surface area contributed by atoms with E-state index in [1.165, 1.54) is 0 Å². The van der Waals surface area contributed by atoms with E-state index in [4.69, 9.17) is 5.73 Å². The van der Waals surface area contributed by atoms with E-state index in [9.17, 15) is 26.3 Å². The topological polar surface area (TPSA) is 38.9 Å². The molecule has 2 nitrogen and oxygen atoms in total. The molecule has 0 saturated carbocycles. The summed E-state index contributed by atoms with van der Waals surface area (Å²) in [5.74, 6) is 0. The Morgan fingerprint density at radius 3 is 1.76 bits per heavy atom. The molecule has 0 spiro atoms. The van der Waals surface area contributed by atoms with Crippen molar-refractivity contribution in [3.05, 3.63) is 47.7 Å². The predicted octanol–water partition coefficient (Wildman–Crippen LogP) is 4.37. The molecular weight excluding hydrogens is 298 g/mol. The number of rotatable bonds is 1. The summed E-state index contributed by atoms with van der Waals surface area (Å²) < 4.78 is 74.7. The number of benzene rings is 1. The highest BCUT2D eigenvalue weighted by molar-refractivity contribution is 5.73. The molecule has 0 atom stereocenters. The number of halogens is 6. The van der Waals surface area contributed by atoms with Crippen LogP contribution < -0.4 is 5.73 Å². The van der Waals surface area contributed by atoms with Crippen molar-refractivity contribution in [2.45, 2.75) is 12.4 Å². The third-order valence-electron chi connectivity index (χ3n) is 2.73. The predicted molar refractivity (Wildman–Crippen MR) is 64.1 cm³/mol. The zero-order chi connectivity index (χ0) is 15.8. The van der Waals surface area contributed by atoms with E-state index in [2.05, 4.69) is 4.98 Å². The SMILES string of the molecule is Nc1cc(C(F)(F)F)cnc1-c1ccc(C(F)(F)F)cc1. The molecule has 0 aliphatic heterocycles. The van der Waals surface area contributed by atoms with Crippen LogP contribution in [0.5, 0.6) is 0 Å².